The molecule has 3 unspecified atom stereocenters. The van der Waals surface area contributed by atoms with Crippen LogP contribution in [0.1, 0.15) is 26.2 Å². The maximum absolute atomic E-state index is 11.7. The van der Waals surface area contributed by atoms with E-state index in [9.17, 15) is 9.59 Å². The summed E-state index contributed by atoms with van der Waals surface area (Å²) in [5.74, 6) is -0.0876. The molecular weight excluding hydrogens is 234 g/mol. The molecule has 6 nitrogen and oxygen atoms in total. The molecule has 1 heterocycles. The van der Waals surface area contributed by atoms with Crippen molar-refractivity contribution in [3.8, 4) is 0 Å². The van der Waals surface area contributed by atoms with Crippen LogP contribution in [-0.4, -0.2) is 55.6 Å². The van der Waals surface area contributed by atoms with E-state index in [1.54, 1.807) is 21.0 Å². The Morgan fingerprint density at radius 2 is 2.11 bits per heavy atom. The zero-order valence-corrected chi connectivity index (χ0v) is 11.3. The highest BCUT2D eigenvalue weighted by Crippen LogP contribution is 2.20. The molecule has 0 spiro atoms. The van der Waals surface area contributed by atoms with Crippen molar-refractivity contribution in [2.75, 3.05) is 20.6 Å². The van der Waals surface area contributed by atoms with E-state index in [0.717, 1.165) is 6.42 Å². The highest BCUT2D eigenvalue weighted by molar-refractivity contribution is 5.80. The van der Waals surface area contributed by atoms with Gasteiger partial charge in [0.2, 0.25) is 5.91 Å². The van der Waals surface area contributed by atoms with Crippen molar-refractivity contribution in [3.63, 3.8) is 0 Å². The largest absolute Gasteiger partial charge is 0.363 e. The van der Waals surface area contributed by atoms with E-state index in [1.807, 2.05) is 0 Å². The zero-order valence-electron chi connectivity index (χ0n) is 11.3. The molecule has 0 aromatic carbocycles. The first-order valence-electron chi connectivity index (χ1n) is 6.29. The van der Waals surface area contributed by atoms with Crippen molar-refractivity contribution in [1.82, 2.24) is 10.2 Å². The Bertz CT molecular complexity index is 305. The Balaban J connectivity index is 2.26. The summed E-state index contributed by atoms with van der Waals surface area (Å²) in [4.78, 5) is 24.6. The minimum Gasteiger partial charge on any atom is -0.363 e. The van der Waals surface area contributed by atoms with Crippen LogP contribution in [0.2, 0.25) is 0 Å². The number of ether oxygens (including phenoxy) is 1. The standard InChI is InChI=1S/C12H23N3O3/c1-8(13)6-11(16)14-7-9-4-5-10(18-9)12(17)15(2)3/h8-10H,4-7,13H2,1-3H3,(H,14,16). The van der Waals surface area contributed by atoms with E-state index in [4.69, 9.17) is 10.5 Å². The van der Waals surface area contributed by atoms with Gasteiger partial charge >= 0.3 is 0 Å². The smallest absolute Gasteiger partial charge is 0.251 e. The number of rotatable bonds is 5. The Labute approximate surface area is 108 Å². The lowest BCUT2D eigenvalue weighted by atomic mass is 10.2. The SMILES string of the molecule is CC(N)CC(=O)NCC1CCC(C(=O)N(C)C)O1. The molecular formula is C12H23N3O3. The molecule has 1 aliphatic rings. The Morgan fingerprint density at radius 1 is 1.44 bits per heavy atom. The summed E-state index contributed by atoms with van der Waals surface area (Å²) in [5, 5.41) is 2.78. The maximum Gasteiger partial charge on any atom is 0.251 e. The number of nitrogens with two attached hydrogens (primary N) is 1. The van der Waals surface area contributed by atoms with Crippen molar-refractivity contribution < 1.29 is 14.3 Å². The summed E-state index contributed by atoms with van der Waals surface area (Å²) in [6, 6.07) is -0.141. The maximum atomic E-state index is 11.7. The third-order valence-electron chi connectivity index (χ3n) is 2.86. The third-order valence-corrected chi connectivity index (χ3v) is 2.86. The fourth-order valence-corrected chi connectivity index (χ4v) is 1.92. The van der Waals surface area contributed by atoms with Gasteiger partial charge in [-0.1, -0.05) is 0 Å². The molecule has 6 heteroatoms. The Kier molecular flexibility index (Phi) is 5.55. The average molecular weight is 257 g/mol. The summed E-state index contributed by atoms with van der Waals surface area (Å²) in [7, 11) is 3.42. The van der Waals surface area contributed by atoms with Crippen molar-refractivity contribution in [3.05, 3.63) is 0 Å². The molecule has 1 aliphatic heterocycles. The predicted octanol–water partition coefficient (Wildman–Crippen LogP) is -0.524. The average Bonchev–Trinajstić information content (AvgIpc) is 2.72. The number of carbonyl (C=O) groups is 2. The van der Waals surface area contributed by atoms with Gasteiger partial charge in [-0.15, -0.1) is 0 Å². The molecule has 0 bridgehead atoms. The van der Waals surface area contributed by atoms with Gasteiger partial charge in [-0.3, -0.25) is 9.59 Å². The molecule has 18 heavy (non-hydrogen) atoms. The fourth-order valence-electron chi connectivity index (χ4n) is 1.92. The van der Waals surface area contributed by atoms with Crippen molar-refractivity contribution in [2.24, 2.45) is 5.73 Å². The lowest BCUT2D eigenvalue weighted by molar-refractivity contribution is -0.140. The van der Waals surface area contributed by atoms with Crippen LogP contribution in [-0.2, 0) is 14.3 Å². The van der Waals surface area contributed by atoms with Gasteiger partial charge in [-0.25, -0.2) is 0 Å². The second-order valence-electron chi connectivity index (χ2n) is 5.04. The molecule has 1 saturated heterocycles. The number of nitrogens with one attached hydrogen (secondary N) is 1. The van der Waals surface area contributed by atoms with Crippen LogP contribution in [0, 0.1) is 0 Å². The highest BCUT2D eigenvalue weighted by Gasteiger charge is 2.31. The monoisotopic (exact) mass is 257 g/mol. The predicted molar refractivity (Wildman–Crippen MR) is 67.9 cm³/mol. The quantitative estimate of drug-likeness (QED) is 0.694. The van der Waals surface area contributed by atoms with Gasteiger partial charge in [-0.2, -0.15) is 0 Å². The van der Waals surface area contributed by atoms with E-state index >= 15 is 0 Å². The number of carbonyl (C=O) groups excluding carboxylic acids is 2. The molecule has 0 aromatic rings. The van der Waals surface area contributed by atoms with Crippen LogP contribution in [0.3, 0.4) is 0 Å². The van der Waals surface area contributed by atoms with Gasteiger partial charge < -0.3 is 20.7 Å². The van der Waals surface area contributed by atoms with Crippen LogP contribution >= 0.6 is 0 Å². The molecule has 1 fully saturated rings. The van der Waals surface area contributed by atoms with E-state index in [1.165, 1.54) is 4.90 Å². The zero-order chi connectivity index (χ0) is 13.7. The van der Waals surface area contributed by atoms with Crippen molar-refractivity contribution in [1.29, 1.82) is 0 Å². The second kappa shape index (κ2) is 6.70. The molecule has 0 saturated carbocycles. The summed E-state index contributed by atoms with van der Waals surface area (Å²) in [5.41, 5.74) is 5.53. The molecule has 3 N–H and O–H groups in total. The first-order chi connectivity index (χ1) is 8.40. The van der Waals surface area contributed by atoms with Crippen LogP contribution in [0.4, 0.5) is 0 Å². The molecule has 0 aromatic heterocycles. The number of hydrogen-bond acceptors (Lipinski definition) is 4. The molecule has 104 valence electrons. The second-order valence-corrected chi connectivity index (χ2v) is 5.04. The summed E-state index contributed by atoms with van der Waals surface area (Å²) in [6.07, 6.45) is 1.38. The molecule has 0 aliphatic carbocycles. The van der Waals surface area contributed by atoms with Gasteiger partial charge in [0.1, 0.15) is 6.10 Å². The molecule has 1 rings (SSSR count). The topological polar surface area (TPSA) is 84.7 Å². The molecule has 2 amide bonds. The van der Waals surface area contributed by atoms with Crippen molar-refractivity contribution >= 4 is 11.8 Å². The van der Waals surface area contributed by atoms with Crippen LogP contribution in [0.25, 0.3) is 0 Å². The normalized spacial score (nSPS) is 24.7. The van der Waals surface area contributed by atoms with Crippen LogP contribution in [0.5, 0.6) is 0 Å². The van der Waals surface area contributed by atoms with Gasteiger partial charge in [0, 0.05) is 33.1 Å². The first kappa shape index (κ1) is 14.9. The van der Waals surface area contributed by atoms with Crippen molar-refractivity contribution in [2.45, 2.75) is 44.4 Å². The number of nitrogens with zero attached hydrogens (tertiary/aromatic N) is 1. The van der Waals surface area contributed by atoms with Gasteiger partial charge in [0.05, 0.1) is 6.10 Å². The summed E-state index contributed by atoms with van der Waals surface area (Å²) < 4.78 is 5.60. The third kappa shape index (κ3) is 4.62. The van der Waals surface area contributed by atoms with Crippen LogP contribution < -0.4 is 11.1 Å². The number of hydrogen-bond donors (Lipinski definition) is 2. The fraction of sp³-hybridized carbons (Fsp3) is 0.833. The summed E-state index contributed by atoms with van der Waals surface area (Å²) in [6.45, 7) is 2.24. The number of likely N-dealkylation sites (N-methyl/N-ethyl adjacent to an activating group) is 1. The molecule has 3 atom stereocenters. The van der Waals surface area contributed by atoms with Gasteiger partial charge in [0.25, 0.3) is 5.91 Å². The van der Waals surface area contributed by atoms with E-state index in [0.29, 0.717) is 19.4 Å². The van der Waals surface area contributed by atoms with E-state index < -0.39 is 0 Å². The summed E-state index contributed by atoms with van der Waals surface area (Å²) >= 11 is 0. The minimum absolute atomic E-state index is 0.0144. The Morgan fingerprint density at radius 3 is 2.67 bits per heavy atom. The minimum atomic E-state index is -0.365. The van der Waals surface area contributed by atoms with Crippen LogP contribution in [0.15, 0.2) is 0 Å². The van der Waals surface area contributed by atoms with Gasteiger partial charge in [-0.05, 0) is 19.8 Å². The lowest BCUT2D eigenvalue weighted by Gasteiger charge is -2.17. The molecule has 0 radical (unpaired) electrons. The number of amides is 2. The highest BCUT2D eigenvalue weighted by atomic mass is 16.5. The lowest BCUT2D eigenvalue weighted by Crippen LogP contribution is -2.37. The van der Waals surface area contributed by atoms with Gasteiger partial charge in [0.15, 0.2) is 0 Å². The van der Waals surface area contributed by atoms with E-state index in [-0.39, 0.29) is 30.1 Å². The Hall–Kier alpha value is -1.14. The first-order valence-corrected chi connectivity index (χ1v) is 6.29. The van der Waals surface area contributed by atoms with E-state index in [2.05, 4.69) is 5.32 Å².